The fourth-order valence-corrected chi connectivity index (χ4v) is 4.07. The van der Waals surface area contributed by atoms with Gasteiger partial charge in [0.25, 0.3) is 0 Å². The molecule has 1 atom stereocenters. The van der Waals surface area contributed by atoms with Gasteiger partial charge in [0, 0.05) is 44.0 Å². The molecule has 1 unspecified atom stereocenters. The lowest BCUT2D eigenvalue weighted by Crippen LogP contribution is -2.46. The van der Waals surface area contributed by atoms with Crippen molar-refractivity contribution >= 4 is 11.9 Å². The minimum absolute atomic E-state index is 0.0618. The van der Waals surface area contributed by atoms with Crippen LogP contribution in [0.25, 0.3) is 0 Å². The molecule has 0 bridgehead atoms. The molecular formula is C18H29N5O. The summed E-state index contributed by atoms with van der Waals surface area (Å²) in [5.74, 6) is 1.02. The summed E-state index contributed by atoms with van der Waals surface area (Å²) in [6.45, 7) is 9.66. The van der Waals surface area contributed by atoms with Crippen molar-refractivity contribution in [3.8, 4) is 0 Å². The maximum absolute atomic E-state index is 12.8. The molecular weight excluding hydrogens is 302 g/mol. The van der Waals surface area contributed by atoms with Crippen LogP contribution in [0.5, 0.6) is 0 Å². The number of aromatic nitrogens is 2. The molecule has 6 heteroatoms. The van der Waals surface area contributed by atoms with Gasteiger partial charge in [-0.2, -0.15) is 0 Å². The summed E-state index contributed by atoms with van der Waals surface area (Å²) >= 11 is 0. The molecule has 1 aromatic heterocycles. The quantitative estimate of drug-likeness (QED) is 0.821. The Morgan fingerprint density at radius 1 is 1.33 bits per heavy atom. The van der Waals surface area contributed by atoms with E-state index in [4.69, 9.17) is 0 Å². The van der Waals surface area contributed by atoms with Crippen LogP contribution in [0, 0.1) is 11.3 Å². The molecule has 1 aromatic rings. The Balaban J connectivity index is 1.60. The summed E-state index contributed by atoms with van der Waals surface area (Å²) < 4.78 is 0. The van der Waals surface area contributed by atoms with Crippen LogP contribution < -0.4 is 10.2 Å². The third-order valence-corrected chi connectivity index (χ3v) is 5.77. The van der Waals surface area contributed by atoms with Gasteiger partial charge in [-0.3, -0.25) is 4.79 Å². The van der Waals surface area contributed by atoms with E-state index < -0.39 is 0 Å². The van der Waals surface area contributed by atoms with E-state index in [9.17, 15) is 4.79 Å². The topological polar surface area (TPSA) is 61.4 Å². The van der Waals surface area contributed by atoms with Crippen molar-refractivity contribution in [2.24, 2.45) is 11.3 Å². The summed E-state index contributed by atoms with van der Waals surface area (Å²) in [7, 11) is 0. The highest BCUT2D eigenvalue weighted by Crippen LogP contribution is 2.52. The zero-order chi connectivity index (χ0) is 17.0. The Kier molecular flexibility index (Phi) is 5.33. The number of amides is 1. The van der Waals surface area contributed by atoms with Gasteiger partial charge in [0.05, 0.1) is 5.92 Å². The van der Waals surface area contributed by atoms with Crippen molar-refractivity contribution in [1.82, 2.24) is 20.2 Å². The number of likely N-dealkylation sites (N-methyl/N-ethyl adjacent to an activating group) is 1. The Morgan fingerprint density at radius 2 is 2.04 bits per heavy atom. The summed E-state index contributed by atoms with van der Waals surface area (Å²) in [4.78, 5) is 26.0. The summed E-state index contributed by atoms with van der Waals surface area (Å²) in [5, 5.41) is 3.17. The zero-order valence-electron chi connectivity index (χ0n) is 14.9. The maximum atomic E-state index is 12.8. The lowest BCUT2D eigenvalue weighted by Gasteiger charge is -2.42. The van der Waals surface area contributed by atoms with Crippen LogP contribution >= 0.6 is 0 Å². The van der Waals surface area contributed by atoms with Crippen LogP contribution in [-0.4, -0.2) is 60.0 Å². The number of carbonyl (C=O) groups is 1. The van der Waals surface area contributed by atoms with Crippen molar-refractivity contribution < 1.29 is 4.79 Å². The number of nitrogens with one attached hydrogen (secondary N) is 1. The number of hydrogen-bond donors (Lipinski definition) is 1. The van der Waals surface area contributed by atoms with Gasteiger partial charge in [-0.15, -0.1) is 0 Å². The largest absolute Gasteiger partial charge is 0.354 e. The van der Waals surface area contributed by atoms with E-state index in [0.29, 0.717) is 0 Å². The molecule has 24 heavy (non-hydrogen) atoms. The van der Waals surface area contributed by atoms with E-state index in [2.05, 4.69) is 38.9 Å². The Morgan fingerprint density at radius 3 is 2.62 bits per heavy atom. The van der Waals surface area contributed by atoms with Crippen LogP contribution in [0.1, 0.15) is 33.1 Å². The monoisotopic (exact) mass is 331 g/mol. The van der Waals surface area contributed by atoms with Crippen LogP contribution in [-0.2, 0) is 4.79 Å². The van der Waals surface area contributed by atoms with Gasteiger partial charge in [0.2, 0.25) is 11.9 Å². The fraction of sp³-hybridized carbons (Fsp3) is 0.722. The fourth-order valence-electron chi connectivity index (χ4n) is 4.07. The maximum Gasteiger partial charge on any atom is 0.225 e. The average molecular weight is 331 g/mol. The molecule has 1 N–H and O–H groups in total. The smallest absolute Gasteiger partial charge is 0.225 e. The summed E-state index contributed by atoms with van der Waals surface area (Å²) in [6.07, 6.45) is 7.06. The van der Waals surface area contributed by atoms with Crippen LogP contribution in [0.15, 0.2) is 18.5 Å². The second-order valence-corrected chi connectivity index (χ2v) is 7.02. The lowest BCUT2D eigenvalue weighted by atomic mass is 9.62. The zero-order valence-corrected chi connectivity index (χ0v) is 14.9. The van der Waals surface area contributed by atoms with E-state index in [1.54, 1.807) is 12.4 Å². The predicted octanol–water partition coefficient (Wildman–Crippen LogP) is 1.54. The number of anilines is 1. The molecule has 1 saturated heterocycles. The number of carbonyl (C=O) groups excluding carboxylic acids is 1. The van der Waals surface area contributed by atoms with E-state index in [1.807, 2.05) is 6.07 Å². The predicted molar refractivity (Wildman–Crippen MR) is 94.8 cm³/mol. The number of nitrogens with zero attached hydrogens (tertiary/aromatic N) is 4. The molecule has 2 aliphatic rings. The van der Waals surface area contributed by atoms with Gasteiger partial charge in [0.15, 0.2) is 0 Å². The van der Waals surface area contributed by atoms with Crippen molar-refractivity contribution in [3.63, 3.8) is 0 Å². The second kappa shape index (κ2) is 7.47. The van der Waals surface area contributed by atoms with Gasteiger partial charge < -0.3 is 15.1 Å². The van der Waals surface area contributed by atoms with E-state index >= 15 is 0 Å². The molecule has 1 saturated carbocycles. The van der Waals surface area contributed by atoms with Crippen molar-refractivity contribution in [3.05, 3.63) is 18.5 Å². The van der Waals surface area contributed by atoms with Gasteiger partial charge in [-0.25, -0.2) is 9.97 Å². The highest BCUT2D eigenvalue weighted by atomic mass is 16.2. The normalized spacial score (nSPS) is 22.0. The van der Waals surface area contributed by atoms with E-state index in [0.717, 1.165) is 58.1 Å². The average Bonchev–Trinajstić information content (AvgIpc) is 3.01. The van der Waals surface area contributed by atoms with E-state index in [-0.39, 0.29) is 17.2 Å². The summed E-state index contributed by atoms with van der Waals surface area (Å²) in [6, 6.07) is 1.83. The first-order valence-electron chi connectivity index (χ1n) is 9.20. The first-order valence-corrected chi connectivity index (χ1v) is 9.20. The Bertz CT molecular complexity index is 542. The van der Waals surface area contributed by atoms with Gasteiger partial charge >= 0.3 is 0 Å². The van der Waals surface area contributed by atoms with Crippen LogP contribution in [0.2, 0.25) is 0 Å². The molecule has 2 fully saturated rings. The second-order valence-electron chi connectivity index (χ2n) is 7.02. The first kappa shape index (κ1) is 17.1. The molecule has 3 rings (SSSR count). The highest BCUT2D eigenvalue weighted by molar-refractivity contribution is 5.81. The van der Waals surface area contributed by atoms with Crippen molar-refractivity contribution in [2.45, 2.75) is 33.1 Å². The number of hydrogen-bond acceptors (Lipinski definition) is 5. The van der Waals surface area contributed by atoms with Crippen LogP contribution in [0.4, 0.5) is 5.95 Å². The van der Waals surface area contributed by atoms with Gasteiger partial charge in [0.1, 0.15) is 0 Å². The minimum atomic E-state index is 0.0618. The molecule has 0 radical (unpaired) electrons. The minimum Gasteiger partial charge on any atom is -0.354 e. The summed E-state index contributed by atoms with van der Waals surface area (Å²) in [5.41, 5.74) is 0.137. The highest BCUT2D eigenvalue weighted by Gasteiger charge is 2.53. The molecule has 132 valence electrons. The van der Waals surface area contributed by atoms with Gasteiger partial charge in [-0.05, 0) is 32.0 Å². The molecule has 0 aromatic carbocycles. The third kappa shape index (κ3) is 3.38. The molecule has 2 heterocycles. The standard InChI is InChI=1S/C18H29N5O/c1-3-22(4-2)12-11-19-16(24)15-13-23(14-18(15)7-5-8-18)17-20-9-6-10-21-17/h6,9-10,15H,3-5,7-8,11-14H2,1-2H3,(H,19,24). The number of rotatable bonds is 7. The van der Waals surface area contributed by atoms with Crippen LogP contribution in [0.3, 0.4) is 0 Å². The molecule has 1 aliphatic heterocycles. The molecule has 1 amide bonds. The Hall–Kier alpha value is -1.69. The Labute approximate surface area is 144 Å². The lowest BCUT2D eigenvalue weighted by molar-refractivity contribution is -0.129. The third-order valence-electron chi connectivity index (χ3n) is 5.77. The molecule has 6 nitrogen and oxygen atoms in total. The molecule has 1 spiro atoms. The van der Waals surface area contributed by atoms with Gasteiger partial charge in [-0.1, -0.05) is 20.3 Å². The van der Waals surface area contributed by atoms with E-state index in [1.165, 1.54) is 6.42 Å². The molecule has 1 aliphatic carbocycles. The first-order chi connectivity index (χ1) is 11.7. The van der Waals surface area contributed by atoms with Crippen molar-refractivity contribution in [2.75, 3.05) is 44.2 Å². The van der Waals surface area contributed by atoms with Crippen molar-refractivity contribution in [1.29, 1.82) is 0 Å². The SMILES string of the molecule is CCN(CC)CCNC(=O)C1CN(c2ncccn2)CC12CCC2.